The van der Waals surface area contributed by atoms with E-state index in [4.69, 9.17) is 4.74 Å². The zero-order chi connectivity index (χ0) is 22.5. The summed E-state index contributed by atoms with van der Waals surface area (Å²) in [5.41, 5.74) is 0.679. The van der Waals surface area contributed by atoms with Gasteiger partial charge in [-0.05, 0) is 43.3 Å². The van der Waals surface area contributed by atoms with Gasteiger partial charge in [0, 0.05) is 29.0 Å². The van der Waals surface area contributed by atoms with Crippen molar-refractivity contribution in [3.8, 4) is 17.4 Å². The van der Waals surface area contributed by atoms with Gasteiger partial charge >= 0.3 is 0 Å². The van der Waals surface area contributed by atoms with E-state index in [9.17, 15) is 13.6 Å². The van der Waals surface area contributed by atoms with Crippen molar-refractivity contribution in [2.75, 3.05) is 5.32 Å². The Morgan fingerprint density at radius 1 is 1.12 bits per heavy atom. The van der Waals surface area contributed by atoms with Crippen molar-refractivity contribution in [2.45, 2.75) is 17.6 Å². The maximum Gasteiger partial charge on any atom is 0.288 e. The van der Waals surface area contributed by atoms with Gasteiger partial charge in [0.15, 0.2) is 0 Å². The summed E-state index contributed by atoms with van der Waals surface area (Å²) in [6.07, 6.45) is 5.04. The summed E-state index contributed by atoms with van der Waals surface area (Å²) in [7, 11) is 0. The highest BCUT2D eigenvalue weighted by Crippen LogP contribution is 2.29. The van der Waals surface area contributed by atoms with Crippen LogP contribution in [0.1, 0.15) is 16.2 Å². The van der Waals surface area contributed by atoms with Crippen molar-refractivity contribution < 1.29 is 18.3 Å². The number of carbonyl (C=O) groups is 1. The number of thioether (sulfide) groups is 1. The Labute approximate surface area is 186 Å². The summed E-state index contributed by atoms with van der Waals surface area (Å²) in [4.78, 5) is 25.4. The molecule has 7 nitrogen and oxygen atoms in total. The maximum atomic E-state index is 12.7. The Hall–Kier alpha value is -3.79. The molecule has 2 aromatic heterocycles. The number of anilines is 1. The minimum Gasteiger partial charge on any atom is -0.439 e. The highest BCUT2D eigenvalue weighted by molar-refractivity contribution is 7.99. The van der Waals surface area contributed by atoms with Gasteiger partial charge in [0.05, 0.1) is 5.56 Å². The molecule has 0 bridgehead atoms. The molecule has 4 rings (SSSR count). The number of ether oxygens (including phenoxy) is 1. The van der Waals surface area contributed by atoms with Crippen LogP contribution in [0.25, 0.3) is 5.82 Å². The lowest BCUT2D eigenvalue weighted by Gasteiger charge is -2.11. The van der Waals surface area contributed by atoms with Crippen LogP contribution in [0, 0.1) is 6.92 Å². The first-order chi connectivity index (χ1) is 15.5. The van der Waals surface area contributed by atoms with Gasteiger partial charge in [-0.15, -0.1) is 0 Å². The SMILES string of the molecule is Cc1nc(Oc2ccc(NC(=O)c3ccccc3SC(F)F)cc2)cc(-n2ccnc2)n1. The van der Waals surface area contributed by atoms with Gasteiger partial charge in [-0.1, -0.05) is 23.9 Å². The second-order valence-electron chi connectivity index (χ2n) is 6.54. The lowest BCUT2D eigenvalue weighted by molar-refractivity contribution is 0.102. The zero-order valence-electron chi connectivity index (χ0n) is 16.8. The van der Waals surface area contributed by atoms with Crippen LogP contribution in [-0.2, 0) is 0 Å². The smallest absolute Gasteiger partial charge is 0.288 e. The quantitative estimate of drug-likeness (QED) is 0.381. The van der Waals surface area contributed by atoms with E-state index in [1.807, 2.05) is 0 Å². The van der Waals surface area contributed by atoms with Crippen molar-refractivity contribution in [3.63, 3.8) is 0 Å². The van der Waals surface area contributed by atoms with E-state index < -0.39 is 11.7 Å². The van der Waals surface area contributed by atoms with Gasteiger partial charge in [0.1, 0.15) is 23.7 Å². The monoisotopic (exact) mass is 453 g/mol. The normalized spacial score (nSPS) is 10.9. The lowest BCUT2D eigenvalue weighted by Crippen LogP contribution is -2.13. The molecule has 4 aromatic rings. The molecule has 0 atom stereocenters. The largest absolute Gasteiger partial charge is 0.439 e. The van der Waals surface area contributed by atoms with E-state index in [-0.39, 0.29) is 10.5 Å². The topological polar surface area (TPSA) is 81.9 Å². The molecule has 0 unspecified atom stereocenters. The summed E-state index contributed by atoms with van der Waals surface area (Å²) in [6.45, 7) is 1.76. The first-order valence-electron chi connectivity index (χ1n) is 9.45. The van der Waals surface area contributed by atoms with Crippen LogP contribution >= 0.6 is 11.8 Å². The Morgan fingerprint density at radius 3 is 2.62 bits per heavy atom. The molecule has 2 heterocycles. The summed E-state index contributed by atoms with van der Waals surface area (Å²) in [5, 5.41) is 2.71. The number of aryl methyl sites for hydroxylation is 1. The molecule has 0 spiro atoms. The third kappa shape index (κ3) is 5.27. The van der Waals surface area contributed by atoms with E-state index in [1.54, 1.807) is 72.7 Å². The molecule has 0 fully saturated rings. The average molecular weight is 453 g/mol. The molecule has 0 saturated carbocycles. The number of carbonyl (C=O) groups excluding carboxylic acids is 1. The average Bonchev–Trinajstić information content (AvgIpc) is 3.30. The number of benzene rings is 2. The number of hydrogen-bond donors (Lipinski definition) is 1. The van der Waals surface area contributed by atoms with Gasteiger partial charge in [-0.25, -0.2) is 9.97 Å². The number of rotatable bonds is 7. The molecule has 0 radical (unpaired) electrons. The lowest BCUT2D eigenvalue weighted by atomic mass is 10.2. The number of aromatic nitrogens is 4. The molecule has 32 heavy (non-hydrogen) atoms. The predicted molar refractivity (Wildman–Crippen MR) is 117 cm³/mol. The number of alkyl halides is 2. The number of nitrogens with zero attached hydrogens (tertiary/aromatic N) is 4. The van der Waals surface area contributed by atoms with E-state index in [0.717, 1.165) is 0 Å². The Morgan fingerprint density at radius 2 is 1.91 bits per heavy atom. The first-order valence-corrected chi connectivity index (χ1v) is 10.3. The second kappa shape index (κ2) is 9.56. The van der Waals surface area contributed by atoms with Crippen molar-refractivity contribution in [3.05, 3.63) is 84.7 Å². The van der Waals surface area contributed by atoms with Crippen LogP contribution in [0.2, 0.25) is 0 Å². The number of amides is 1. The van der Waals surface area contributed by atoms with Crippen LogP contribution in [0.3, 0.4) is 0 Å². The van der Waals surface area contributed by atoms with Gasteiger partial charge in [0.2, 0.25) is 5.88 Å². The van der Waals surface area contributed by atoms with Crippen molar-refractivity contribution in [2.24, 2.45) is 0 Å². The number of nitrogens with one attached hydrogen (secondary N) is 1. The molecular formula is C22H17F2N5O2S. The Kier molecular flexibility index (Phi) is 6.41. The predicted octanol–water partition coefficient (Wildman–Crippen LogP) is 5.33. The fourth-order valence-corrected chi connectivity index (χ4v) is 3.52. The van der Waals surface area contributed by atoms with E-state index in [2.05, 4.69) is 20.3 Å². The van der Waals surface area contributed by atoms with E-state index in [1.165, 1.54) is 12.1 Å². The summed E-state index contributed by atoms with van der Waals surface area (Å²) in [6, 6.07) is 14.6. The third-order valence-electron chi connectivity index (χ3n) is 4.25. The second-order valence-corrected chi connectivity index (χ2v) is 7.57. The number of halogens is 2. The molecule has 1 amide bonds. The fraction of sp³-hybridized carbons (Fsp3) is 0.0909. The molecule has 0 aliphatic carbocycles. The van der Waals surface area contributed by atoms with Crippen LogP contribution < -0.4 is 10.1 Å². The molecule has 10 heteroatoms. The highest BCUT2D eigenvalue weighted by atomic mass is 32.2. The Balaban J connectivity index is 1.46. The van der Waals surface area contributed by atoms with E-state index in [0.29, 0.717) is 40.7 Å². The zero-order valence-corrected chi connectivity index (χ0v) is 17.6. The molecule has 0 aliphatic heterocycles. The molecule has 0 saturated heterocycles. The number of imidazole rings is 1. The van der Waals surface area contributed by atoms with Crippen LogP contribution in [0.4, 0.5) is 14.5 Å². The minimum absolute atomic E-state index is 0.182. The van der Waals surface area contributed by atoms with Crippen molar-refractivity contribution in [1.82, 2.24) is 19.5 Å². The summed E-state index contributed by atoms with van der Waals surface area (Å²) >= 11 is 0.337. The van der Waals surface area contributed by atoms with Crippen molar-refractivity contribution >= 4 is 23.4 Å². The highest BCUT2D eigenvalue weighted by Gasteiger charge is 2.15. The van der Waals surface area contributed by atoms with Crippen molar-refractivity contribution in [1.29, 1.82) is 0 Å². The van der Waals surface area contributed by atoms with Crippen LogP contribution in [0.15, 0.2) is 78.2 Å². The Bertz CT molecular complexity index is 1220. The summed E-state index contributed by atoms with van der Waals surface area (Å²) < 4.78 is 33.1. The molecule has 162 valence electrons. The third-order valence-corrected chi connectivity index (χ3v) is 5.04. The number of hydrogen-bond acceptors (Lipinski definition) is 6. The standard InChI is InChI=1S/C22H17F2N5O2S/c1-14-26-19(29-11-10-25-13-29)12-20(27-14)31-16-8-6-15(7-9-16)28-21(30)17-4-2-3-5-18(17)32-22(23)24/h2-13,22H,1H3,(H,28,30). The fourth-order valence-electron chi connectivity index (χ4n) is 2.88. The van der Waals surface area contributed by atoms with Gasteiger partial charge in [0.25, 0.3) is 11.7 Å². The van der Waals surface area contributed by atoms with Gasteiger partial charge in [-0.2, -0.15) is 13.8 Å². The van der Waals surface area contributed by atoms with Crippen LogP contribution in [-0.4, -0.2) is 31.2 Å². The summed E-state index contributed by atoms with van der Waals surface area (Å²) in [5.74, 6) is -1.06. The van der Waals surface area contributed by atoms with Crippen LogP contribution in [0.5, 0.6) is 11.6 Å². The maximum absolute atomic E-state index is 12.7. The minimum atomic E-state index is -2.61. The molecule has 0 aliphatic rings. The molecular weight excluding hydrogens is 436 g/mol. The first kappa shape index (κ1) is 21.4. The van der Waals surface area contributed by atoms with E-state index >= 15 is 0 Å². The molecule has 1 N–H and O–H groups in total. The molecule has 2 aromatic carbocycles. The van der Waals surface area contributed by atoms with Gasteiger partial charge in [-0.3, -0.25) is 9.36 Å². The van der Waals surface area contributed by atoms with Gasteiger partial charge < -0.3 is 10.1 Å².